The minimum Gasteiger partial charge on any atom is -0.347 e. The van der Waals surface area contributed by atoms with Gasteiger partial charge in [0.2, 0.25) is 0 Å². The van der Waals surface area contributed by atoms with E-state index in [1.54, 1.807) is 0 Å². The number of nitrogens with one attached hydrogen (secondary N) is 1. The van der Waals surface area contributed by atoms with Crippen molar-refractivity contribution in [3.8, 4) is 0 Å². The number of aryl methyl sites for hydroxylation is 1. The Morgan fingerprint density at radius 1 is 1.10 bits per heavy atom. The number of piperidine rings is 1. The van der Waals surface area contributed by atoms with E-state index in [0.717, 1.165) is 29.6 Å². The molecule has 0 aromatic carbocycles. The standard InChI is InChI=1S/C17H25N3S/c1-20-12-7-8-13(20)10-11(9-12)16-18-15-6-4-2-3-5-14(15)17(21)19-16/h11-13H,2-10H2,1H3,(H,18,19,21). The lowest BCUT2D eigenvalue weighted by Crippen LogP contribution is -2.39. The molecule has 0 amide bonds. The summed E-state index contributed by atoms with van der Waals surface area (Å²) >= 11 is 5.61. The molecule has 2 atom stereocenters. The smallest absolute Gasteiger partial charge is 0.133 e. The van der Waals surface area contributed by atoms with E-state index >= 15 is 0 Å². The van der Waals surface area contributed by atoms with E-state index in [1.165, 1.54) is 62.0 Å². The van der Waals surface area contributed by atoms with Crippen LogP contribution in [0.2, 0.25) is 0 Å². The Labute approximate surface area is 132 Å². The van der Waals surface area contributed by atoms with Crippen LogP contribution in [-0.4, -0.2) is 34.0 Å². The van der Waals surface area contributed by atoms with Gasteiger partial charge in [-0.3, -0.25) is 0 Å². The highest BCUT2D eigenvalue weighted by Gasteiger charge is 2.39. The number of aromatic amines is 1. The molecular formula is C17H25N3S. The van der Waals surface area contributed by atoms with Crippen molar-refractivity contribution in [1.82, 2.24) is 14.9 Å². The average Bonchev–Trinajstić information content (AvgIpc) is 2.71. The highest BCUT2D eigenvalue weighted by atomic mass is 32.1. The van der Waals surface area contributed by atoms with E-state index in [4.69, 9.17) is 17.2 Å². The predicted octanol–water partition coefficient (Wildman–Crippen LogP) is 3.75. The molecule has 3 nitrogen and oxygen atoms in total. The van der Waals surface area contributed by atoms with Gasteiger partial charge in [0.1, 0.15) is 10.5 Å². The Hall–Kier alpha value is -0.740. The Morgan fingerprint density at radius 2 is 1.81 bits per heavy atom. The summed E-state index contributed by atoms with van der Waals surface area (Å²) in [5.74, 6) is 1.78. The monoisotopic (exact) mass is 303 g/mol. The van der Waals surface area contributed by atoms with E-state index in [-0.39, 0.29) is 0 Å². The maximum Gasteiger partial charge on any atom is 0.133 e. The Balaban J connectivity index is 1.66. The van der Waals surface area contributed by atoms with Crippen LogP contribution in [0.5, 0.6) is 0 Å². The van der Waals surface area contributed by atoms with Gasteiger partial charge in [-0.25, -0.2) is 4.98 Å². The zero-order chi connectivity index (χ0) is 14.4. The molecule has 2 aliphatic heterocycles. The largest absolute Gasteiger partial charge is 0.347 e. The fourth-order valence-electron chi connectivity index (χ4n) is 4.64. The van der Waals surface area contributed by atoms with Gasteiger partial charge in [-0.05, 0) is 58.4 Å². The van der Waals surface area contributed by atoms with Gasteiger partial charge < -0.3 is 9.88 Å². The predicted molar refractivity (Wildman–Crippen MR) is 87.2 cm³/mol. The van der Waals surface area contributed by atoms with Crippen LogP contribution in [0.3, 0.4) is 0 Å². The minimum atomic E-state index is 0.592. The van der Waals surface area contributed by atoms with E-state index in [2.05, 4.69) is 16.9 Å². The van der Waals surface area contributed by atoms with Gasteiger partial charge in [0.15, 0.2) is 0 Å². The van der Waals surface area contributed by atoms with Crippen LogP contribution in [0.15, 0.2) is 0 Å². The first-order chi connectivity index (χ1) is 10.2. The molecule has 114 valence electrons. The third-order valence-corrected chi connectivity index (χ3v) is 6.30. The van der Waals surface area contributed by atoms with Crippen molar-refractivity contribution in [1.29, 1.82) is 0 Å². The van der Waals surface area contributed by atoms with E-state index in [1.807, 2.05) is 0 Å². The summed E-state index contributed by atoms with van der Waals surface area (Å²) < 4.78 is 0.881. The van der Waals surface area contributed by atoms with Gasteiger partial charge in [-0.15, -0.1) is 0 Å². The molecule has 4 heteroatoms. The molecule has 0 saturated carbocycles. The molecule has 1 aromatic heterocycles. The van der Waals surface area contributed by atoms with Gasteiger partial charge in [-0.2, -0.15) is 0 Å². The van der Waals surface area contributed by atoms with Crippen molar-refractivity contribution in [2.45, 2.75) is 75.8 Å². The number of nitrogens with zero attached hydrogens (tertiary/aromatic N) is 2. The molecule has 0 spiro atoms. The molecule has 21 heavy (non-hydrogen) atoms. The fraction of sp³-hybridized carbons (Fsp3) is 0.765. The number of fused-ring (bicyclic) bond motifs is 3. The van der Waals surface area contributed by atoms with Crippen LogP contribution in [0, 0.1) is 4.64 Å². The third-order valence-electron chi connectivity index (χ3n) is 5.96. The van der Waals surface area contributed by atoms with Crippen molar-refractivity contribution >= 4 is 12.2 Å². The van der Waals surface area contributed by atoms with Gasteiger partial charge in [-0.1, -0.05) is 18.6 Å². The summed E-state index contributed by atoms with van der Waals surface area (Å²) in [5.41, 5.74) is 2.73. The molecule has 4 rings (SSSR count). The molecule has 2 saturated heterocycles. The SMILES string of the molecule is CN1C2CCC1CC(c1nc(=S)c3c([nH]1)CCCCC3)C2. The zero-order valence-corrected chi connectivity index (χ0v) is 13.7. The molecule has 3 heterocycles. The van der Waals surface area contributed by atoms with E-state index < -0.39 is 0 Å². The number of H-pyrrole nitrogens is 1. The molecule has 1 N–H and O–H groups in total. The zero-order valence-electron chi connectivity index (χ0n) is 12.9. The maximum absolute atomic E-state index is 5.61. The van der Waals surface area contributed by atoms with Gasteiger partial charge in [0.05, 0.1) is 0 Å². The highest BCUT2D eigenvalue weighted by molar-refractivity contribution is 7.71. The topological polar surface area (TPSA) is 31.9 Å². The molecular weight excluding hydrogens is 278 g/mol. The molecule has 1 aliphatic carbocycles. The Morgan fingerprint density at radius 3 is 2.57 bits per heavy atom. The van der Waals surface area contributed by atoms with Crippen LogP contribution >= 0.6 is 12.2 Å². The van der Waals surface area contributed by atoms with Gasteiger partial charge >= 0.3 is 0 Å². The van der Waals surface area contributed by atoms with Gasteiger partial charge in [0, 0.05) is 29.3 Å². The molecule has 0 radical (unpaired) electrons. The lowest BCUT2D eigenvalue weighted by atomic mass is 9.90. The summed E-state index contributed by atoms with van der Waals surface area (Å²) in [4.78, 5) is 11.1. The summed E-state index contributed by atoms with van der Waals surface area (Å²) in [7, 11) is 2.30. The first kappa shape index (κ1) is 13.9. The second kappa shape index (κ2) is 5.47. The molecule has 2 fully saturated rings. The van der Waals surface area contributed by atoms with E-state index in [9.17, 15) is 0 Å². The van der Waals surface area contributed by atoms with Crippen LogP contribution in [-0.2, 0) is 12.8 Å². The second-order valence-electron chi connectivity index (χ2n) is 7.16. The first-order valence-corrected chi connectivity index (χ1v) is 8.97. The van der Waals surface area contributed by atoms with Crippen LogP contribution < -0.4 is 0 Å². The summed E-state index contributed by atoms with van der Waals surface area (Å²) in [5, 5.41) is 0. The quantitative estimate of drug-likeness (QED) is 0.633. The van der Waals surface area contributed by atoms with Crippen LogP contribution in [0.4, 0.5) is 0 Å². The Kier molecular flexibility index (Phi) is 3.62. The fourth-order valence-corrected chi connectivity index (χ4v) is 4.97. The molecule has 1 aromatic rings. The average molecular weight is 303 g/mol. The number of hydrogen-bond acceptors (Lipinski definition) is 3. The normalized spacial score (nSPS) is 32.7. The number of rotatable bonds is 1. The van der Waals surface area contributed by atoms with Crippen molar-refractivity contribution in [2.75, 3.05) is 7.05 Å². The molecule has 2 unspecified atom stereocenters. The third kappa shape index (κ3) is 2.46. The lowest BCUT2D eigenvalue weighted by molar-refractivity contribution is 0.158. The summed E-state index contributed by atoms with van der Waals surface area (Å²) in [6.45, 7) is 0. The highest BCUT2D eigenvalue weighted by Crippen LogP contribution is 2.41. The van der Waals surface area contributed by atoms with Crippen molar-refractivity contribution in [2.24, 2.45) is 0 Å². The summed E-state index contributed by atoms with van der Waals surface area (Å²) in [6.07, 6.45) is 11.4. The van der Waals surface area contributed by atoms with Crippen LogP contribution in [0.25, 0.3) is 0 Å². The first-order valence-electron chi connectivity index (χ1n) is 8.56. The molecule has 2 bridgehead atoms. The van der Waals surface area contributed by atoms with Crippen molar-refractivity contribution < 1.29 is 0 Å². The van der Waals surface area contributed by atoms with Crippen molar-refractivity contribution in [3.63, 3.8) is 0 Å². The van der Waals surface area contributed by atoms with Gasteiger partial charge in [0.25, 0.3) is 0 Å². The van der Waals surface area contributed by atoms with Crippen LogP contribution in [0.1, 0.15) is 67.9 Å². The maximum atomic E-state index is 5.61. The summed E-state index contributed by atoms with van der Waals surface area (Å²) in [6, 6.07) is 1.52. The number of aromatic nitrogens is 2. The van der Waals surface area contributed by atoms with E-state index in [0.29, 0.717) is 5.92 Å². The number of hydrogen-bond donors (Lipinski definition) is 1. The lowest BCUT2D eigenvalue weighted by Gasteiger charge is -2.36. The van der Waals surface area contributed by atoms with Crippen molar-refractivity contribution in [3.05, 3.63) is 21.7 Å². The Bertz CT molecular complexity index is 580. The molecule has 3 aliphatic rings. The second-order valence-corrected chi connectivity index (χ2v) is 7.55. The minimum absolute atomic E-state index is 0.592.